The number of ketones is 1. The molecule has 3 heterocycles. The number of hydrogen-bond donors (Lipinski definition) is 0. The van der Waals surface area contributed by atoms with Crippen molar-refractivity contribution in [1.29, 1.82) is 0 Å². The lowest BCUT2D eigenvalue weighted by atomic mass is 10.1. The molecular formula is C25H22N4O3S. The minimum absolute atomic E-state index is 0.00638. The fraction of sp³-hybridized carbons (Fsp3) is 0.200. The Morgan fingerprint density at radius 2 is 1.82 bits per heavy atom. The van der Waals surface area contributed by atoms with Crippen LogP contribution in [-0.2, 0) is 11.3 Å². The van der Waals surface area contributed by atoms with Crippen molar-refractivity contribution < 1.29 is 14.0 Å². The summed E-state index contributed by atoms with van der Waals surface area (Å²) in [5.41, 5.74) is 2.55. The Balaban J connectivity index is 1.32. The highest BCUT2D eigenvalue weighted by Crippen LogP contribution is 2.27. The molecule has 0 N–H and O–H groups in total. The first-order chi connectivity index (χ1) is 16.2. The number of amides is 1. The van der Waals surface area contributed by atoms with Gasteiger partial charge in [0.2, 0.25) is 11.7 Å². The van der Waals surface area contributed by atoms with Gasteiger partial charge in [0.15, 0.2) is 16.7 Å². The minimum Gasteiger partial charge on any atom is -0.461 e. The van der Waals surface area contributed by atoms with Crippen LogP contribution in [0.4, 0.5) is 5.69 Å². The van der Waals surface area contributed by atoms with E-state index in [4.69, 9.17) is 4.42 Å². The molecule has 166 valence electrons. The van der Waals surface area contributed by atoms with Gasteiger partial charge in [0.1, 0.15) is 0 Å². The van der Waals surface area contributed by atoms with E-state index in [2.05, 4.69) is 10.2 Å². The van der Waals surface area contributed by atoms with Gasteiger partial charge < -0.3 is 9.32 Å². The van der Waals surface area contributed by atoms with Crippen molar-refractivity contribution >= 4 is 29.1 Å². The van der Waals surface area contributed by atoms with Crippen LogP contribution in [0.3, 0.4) is 0 Å². The summed E-state index contributed by atoms with van der Waals surface area (Å²) in [5, 5.41) is 9.30. The van der Waals surface area contributed by atoms with Gasteiger partial charge in [0.05, 0.1) is 18.6 Å². The predicted molar refractivity (Wildman–Crippen MR) is 126 cm³/mol. The lowest BCUT2D eigenvalue weighted by molar-refractivity contribution is -0.117. The second-order valence-corrected chi connectivity index (χ2v) is 8.71. The van der Waals surface area contributed by atoms with Gasteiger partial charge in [0, 0.05) is 24.2 Å². The highest BCUT2D eigenvalue weighted by atomic mass is 32.2. The van der Waals surface area contributed by atoms with Crippen LogP contribution in [0.1, 0.15) is 28.8 Å². The zero-order valence-corrected chi connectivity index (χ0v) is 18.7. The average molecular weight is 459 g/mol. The zero-order chi connectivity index (χ0) is 22.6. The van der Waals surface area contributed by atoms with Gasteiger partial charge in [-0.25, -0.2) is 0 Å². The van der Waals surface area contributed by atoms with Gasteiger partial charge in [-0.05, 0) is 48.4 Å². The topological polar surface area (TPSA) is 81.2 Å². The maximum absolute atomic E-state index is 12.8. The summed E-state index contributed by atoms with van der Waals surface area (Å²) in [5.74, 6) is 1.61. The van der Waals surface area contributed by atoms with Crippen molar-refractivity contribution in [1.82, 2.24) is 14.8 Å². The summed E-state index contributed by atoms with van der Waals surface area (Å²) in [6.45, 7) is 1.30. The molecule has 0 aliphatic carbocycles. The maximum atomic E-state index is 12.8. The predicted octanol–water partition coefficient (Wildman–Crippen LogP) is 4.69. The van der Waals surface area contributed by atoms with Crippen LogP contribution < -0.4 is 4.90 Å². The smallest absolute Gasteiger partial charge is 0.227 e. The summed E-state index contributed by atoms with van der Waals surface area (Å²) >= 11 is 1.35. The first-order valence-corrected chi connectivity index (χ1v) is 11.7. The largest absolute Gasteiger partial charge is 0.461 e. The number of rotatable bonds is 8. The van der Waals surface area contributed by atoms with E-state index in [1.54, 1.807) is 23.3 Å². The van der Waals surface area contributed by atoms with Gasteiger partial charge in [-0.2, -0.15) is 0 Å². The first-order valence-electron chi connectivity index (χ1n) is 10.8. The molecule has 2 aromatic carbocycles. The molecule has 5 rings (SSSR count). The van der Waals surface area contributed by atoms with Crippen LogP contribution in [0.5, 0.6) is 0 Å². The fourth-order valence-corrected chi connectivity index (χ4v) is 4.69. The molecule has 0 spiro atoms. The number of carbonyl (C=O) groups excluding carboxylic acids is 2. The molecule has 2 aromatic heterocycles. The summed E-state index contributed by atoms with van der Waals surface area (Å²) in [6, 6.07) is 20.9. The molecule has 1 saturated heterocycles. The van der Waals surface area contributed by atoms with Crippen LogP contribution in [-0.4, -0.2) is 38.8 Å². The highest BCUT2D eigenvalue weighted by molar-refractivity contribution is 7.99. The van der Waals surface area contributed by atoms with Crippen LogP contribution in [0.2, 0.25) is 0 Å². The Bertz CT molecular complexity index is 1250. The third-order valence-electron chi connectivity index (χ3n) is 5.55. The SMILES string of the molecule is O=C(CSc1nnc(-c2ccco2)n1Cc1ccccc1)c1ccc(N2CCCC2=O)cc1. The Hall–Kier alpha value is -3.65. The lowest BCUT2D eigenvalue weighted by Gasteiger charge is -2.15. The highest BCUT2D eigenvalue weighted by Gasteiger charge is 2.22. The summed E-state index contributed by atoms with van der Waals surface area (Å²) in [6.07, 6.45) is 3.06. The van der Waals surface area contributed by atoms with E-state index in [0.717, 1.165) is 24.2 Å². The number of carbonyl (C=O) groups is 2. The number of thioether (sulfide) groups is 1. The van der Waals surface area contributed by atoms with Crippen molar-refractivity contribution in [2.45, 2.75) is 24.5 Å². The van der Waals surface area contributed by atoms with Crippen LogP contribution in [0, 0.1) is 0 Å². The van der Waals surface area contributed by atoms with Crippen LogP contribution >= 0.6 is 11.8 Å². The van der Waals surface area contributed by atoms with E-state index in [0.29, 0.717) is 35.3 Å². The molecule has 1 aliphatic heterocycles. The lowest BCUT2D eigenvalue weighted by Crippen LogP contribution is -2.23. The number of hydrogen-bond acceptors (Lipinski definition) is 6. The zero-order valence-electron chi connectivity index (χ0n) is 17.9. The number of anilines is 1. The monoisotopic (exact) mass is 458 g/mol. The molecular weight excluding hydrogens is 436 g/mol. The fourth-order valence-electron chi connectivity index (χ4n) is 3.85. The van der Waals surface area contributed by atoms with Gasteiger partial charge in [-0.3, -0.25) is 14.2 Å². The maximum Gasteiger partial charge on any atom is 0.227 e. The van der Waals surface area contributed by atoms with E-state index in [1.165, 1.54) is 11.8 Å². The molecule has 4 aromatic rings. The van der Waals surface area contributed by atoms with Gasteiger partial charge in [-0.1, -0.05) is 42.1 Å². The number of nitrogens with zero attached hydrogens (tertiary/aromatic N) is 4. The first kappa shape index (κ1) is 21.2. The summed E-state index contributed by atoms with van der Waals surface area (Å²) in [7, 11) is 0. The van der Waals surface area contributed by atoms with Crippen molar-refractivity contribution in [3.63, 3.8) is 0 Å². The van der Waals surface area contributed by atoms with Crippen LogP contribution in [0.25, 0.3) is 11.6 Å². The Morgan fingerprint density at radius 1 is 1.00 bits per heavy atom. The molecule has 1 aliphatic rings. The van der Waals surface area contributed by atoms with Gasteiger partial charge in [-0.15, -0.1) is 10.2 Å². The molecule has 1 amide bonds. The van der Waals surface area contributed by atoms with E-state index in [1.807, 2.05) is 59.2 Å². The number of Topliss-reactive ketones (excluding diaryl/α,β-unsaturated/α-hetero) is 1. The molecule has 33 heavy (non-hydrogen) atoms. The van der Waals surface area contributed by atoms with Gasteiger partial charge >= 0.3 is 0 Å². The second-order valence-electron chi connectivity index (χ2n) is 7.76. The van der Waals surface area contributed by atoms with Crippen molar-refractivity contribution in [2.75, 3.05) is 17.2 Å². The van der Waals surface area contributed by atoms with E-state index < -0.39 is 0 Å². The average Bonchev–Trinajstić information content (AvgIpc) is 3.60. The Labute approximate surface area is 195 Å². The molecule has 0 unspecified atom stereocenters. The van der Waals surface area contributed by atoms with E-state index in [9.17, 15) is 9.59 Å². The molecule has 0 bridgehead atoms. The quantitative estimate of drug-likeness (QED) is 0.282. The second kappa shape index (κ2) is 9.46. The number of aromatic nitrogens is 3. The normalized spacial score (nSPS) is 13.6. The van der Waals surface area contributed by atoms with E-state index >= 15 is 0 Å². The Kier molecular flexibility index (Phi) is 6.08. The summed E-state index contributed by atoms with van der Waals surface area (Å²) in [4.78, 5) is 26.5. The molecule has 1 fully saturated rings. The van der Waals surface area contributed by atoms with E-state index in [-0.39, 0.29) is 17.4 Å². The molecule has 0 saturated carbocycles. The number of furan rings is 1. The third kappa shape index (κ3) is 4.61. The van der Waals surface area contributed by atoms with Crippen molar-refractivity contribution in [3.05, 3.63) is 84.1 Å². The number of benzene rings is 2. The molecule has 0 atom stereocenters. The third-order valence-corrected chi connectivity index (χ3v) is 6.52. The Morgan fingerprint density at radius 3 is 2.52 bits per heavy atom. The standard InChI is InChI=1S/C25H22N4O3S/c30-21(19-10-12-20(13-11-19)28-14-4-9-23(28)31)17-33-25-27-26-24(22-8-5-15-32-22)29(25)16-18-6-2-1-3-7-18/h1-3,5-8,10-13,15H,4,9,14,16-17H2. The van der Waals surface area contributed by atoms with Crippen LogP contribution in [0.15, 0.2) is 82.6 Å². The minimum atomic E-state index is -0.00638. The molecule has 8 heteroatoms. The van der Waals surface area contributed by atoms with Crippen molar-refractivity contribution in [3.8, 4) is 11.6 Å². The summed E-state index contributed by atoms with van der Waals surface area (Å²) < 4.78 is 7.51. The van der Waals surface area contributed by atoms with Crippen molar-refractivity contribution in [2.24, 2.45) is 0 Å². The molecule has 7 nitrogen and oxygen atoms in total. The molecule has 0 radical (unpaired) electrons. The van der Waals surface area contributed by atoms with Gasteiger partial charge in [0.25, 0.3) is 0 Å².